The molecule has 0 N–H and O–H groups in total. The Labute approximate surface area is 295 Å². The van der Waals surface area contributed by atoms with E-state index in [1.807, 2.05) is 0 Å². The maximum absolute atomic E-state index is 7.80. The molecule has 4 aliphatic rings. The lowest BCUT2D eigenvalue weighted by atomic mass is 9.48. The predicted molar refractivity (Wildman–Crippen MR) is 224 cm³/mol. The Hall–Kier alpha value is -0.999. The summed E-state index contributed by atoms with van der Waals surface area (Å²) in [6, 6.07) is 22.9. The van der Waals surface area contributed by atoms with Crippen LogP contribution >= 0.6 is 0 Å². The number of hydrogen-bond donors (Lipinski definition) is 0. The zero-order valence-corrected chi connectivity index (χ0v) is 38.3. The lowest BCUT2D eigenvalue weighted by molar-refractivity contribution is -0.100. The van der Waals surface area contributed by atoms with E-state index in [4.69, 9.17) is 4.43 Å². The van der Waals surface area contributed by atoms with Gasteiger partial charge < -0.3 is 4.43 Å². The standard InChI is InChI=1S/C40H66OSi6/c1-42(2,3)41-39(40-29-33-26-34(30-40)28-35(27-33)31-40)38(46(12,13)37-22-18-15-19-23-37)32-47(43(4,5)6,44(7,8)9)25-24-45(10,11)36-20-16-14-17-21-36/h14-23,32-35,39H,26-31H2,1-13H3/b38-32-. The van der Waals surface area contributed by atoms with Crippen molar-refractivity contribution in [1.82, 2.24) is 0 Å². The molecule has 1 atom stereocenters. The van der Waals surface area contributed by atoms with Gasteiger partial charge in [0.1, 0.15) is 15.2 Å². The van der Waals surface area contributed by atoms with E-state index in [0.717, 1.165) is 17.8 Å². The van der Waals surface area contributed by atoms with Crippen LogP contribution in [0.4, 0.5) is 0 Å². The van der Waals surface area contributed by atoms with Crippen LogP contribution < -0.4 is 10.4 Å². The molecule has 4 aliphatic carbocycles. The molecule has 0 radical (unpaired) electrons. The topological polar surface area (TPSA) is 9.23 Å². The normalized spacial score (nSPS) is 26.1. The van der Waals surface area contributed by atoms with Crippen molar-refractivity contribution in [3.05, 3.63) is 71.6 Å². The summed E-state index contributed by atoms with van der Waals surface area (Å²) in [5, 5.41) is 4.80. The molecule has 7 heteroatoms. The molecule has 0 spiro atoms. The molecule has 1 nitrogen and oxygen atoms in total. The number of rotatable bonds is 10. The minimum Gasteiger partial charge on any atom is -0.411 e. The van der Waals surface area contributed by atoms with Gasteiger partial charge in [-0.15, -0.1) is 11.1 Å². The summed E-state index contributed by atoms with van der Waals surface area (Å²) < 4.78 is 7.80. The minimum atomic E-state index is -2.24. The fraction of sp³-hybridized carbons (Fsp3) is 0.600. The van der Waals surface area contributed by atoms with Gasteiger partial charge in [0, 0.05) is 0 Å². The molecule has 4 fully saturated rings. The summed E-state index contributed by atoms with van der Waals surface area (Å²) in [7, 11) is -11.7. The van der Waals surface area contributed by atoms with Gasteiger partial charge in [-0.25, -0.2) is 0 Å². The summed E-state index contributed by atoms with van der Waals surface area (Å²) in [6.07, 6.45) is 8.83. The molecule has 4 saturated carbocycles. The third kappa shape index (κ3) is 7.55. The van der Waals surface area contributed by atoms with Crippen molar-refractivity contribution in [2.45, 2.75) is 130 Å². The van der Waals surface area contributed by atoms with E-state index in [9.17, 15) is 0 Å². The molecular formula is C40H66OSi6. The zero-order chi connectivity index (χ0) is 34.7. The second-order valence-electron chi connectivity index (χ2n) is 20.0. The van der Waals surface area contributed by atoms with Crippen LogP contribution in [-0.4, -0.2) is 52.9 Å². The SMILES string of the molecule is C[Si](C)(C)OC(/C(=C/[Si](C#C[Si](C)(C)c1ccccc1)([Si](C)(C)C)[Si](C)(C)C)[Si](C)(C)c1ccccc1)C12CC3CC(CC(C3)C1)C2. The molecule has 4 bridgehead atoms. The highest BCUT2D eigenvalue weighted by Gasteiger charge is 2.59. The van der Waals surface area contributed by atoms with E-state index in [1.165, 1.54) is 43.7 Å². The highest BCUT2D eigenvalue weighted by molar-refractivity contribution is 7.73. The first kappa shape index (κ1) is 37.3. The highest BCUT2D eigenvalue weighted by Crippen LogP contribution is 2.63. The maximum Gasteiger partial charge on any atom is 0.184 e. The van der Waals surface area contributed by atoms with Crippen LogP contribution in [0.2, 0.25) is 85.1 Å². The Morgan fingerprint density at radius 2 is 1.06 bits per heavy atom. The van der Waals surface area contributed by atoms with Crippen molar-refractivity contribution >= 4 is 57.1 Å². The lowest BCUT2D eigenvalue weighted by Gasteiger charge is -2.61. The fourth-order valence-corrected chi connectivity index (χ4v) is 58.6. The Morgan fingerprint density at radius 1 is 0.638 bits per heavy atom. The molecule has 0 amide bonds. The molecule has 0 aliphatic heterocycles. The number of hydrogen-bond acceptors (Lipinski definition) is 1. The number of benzene rings is 2. The van der Waals surface area contributed by atoms with Crippen LogP contribution in [0.3, 0.4) is 0 Å². The average Bonchev–Trinajstić information content (AvgIpc) is 2.94. The van der Waals surface area contributed by atoms with Crippen LogP contribution in [0.5, 0.6) is 0 Å². The molecular weight excluding hydrogens is 665 g/mol. The molecule has 256 valence electrons. The maximum atomic E-state index is 7.80. The average molecular weight is 731 g/mol. The molecule has 2 aromatic carbocycles. The largest absolute Gasteiger partial charge is 0.411 e. The van der Waals surface area contributed by atoms with Gasteiger partial charge in [-0.2, -0.15) is 0 Å². The first-order valence-electron chi connectivity index (χ1n) is 18.7. The van der Waals surface area contributed by atoms with Gasteiger partial charge in [0.2, 0.25) is 0 Å². The van der Waals surface area contributed by atoms with E-state index in [-0.39, 0.29) is 6.10 Å². The monoisotopic (exact) mass is 730 g/mol. The van der Waals surface area contributed by atoms with Gasteiger partial charge >= 0.3 is 0 Å². The zero-order valence-electron chi connectivity index (χ0n) is 32.3. The predicted octanol–water partition coefficient (Wildman–Crippen LogP) is 10.0. The van der Waals surface area contributed by atoms with Crippen LogP contribution in [-0.2, 0) is 4.43 Å². The smallest absolute Gasteiger partial charge is 0.184 e. The van der Waals surface area contributed by atoms with Crippen molar-refractivity contribution in [1.29, 1.82) is 0 Å². The third-order valence-electron chi connectivity index (χ3n) is 12.4. The summed E-state index contributed by atoms with van der Waals surface area (Å²) in [4.78, 5) is 0. The van der Waals surface area contributed by atoms with E-state index >= 15 is 0 Å². The van der Waals surface area contributed by atoms with Crippen molar-refractivity contribution in [3.8, 4) is 11.1 Å². The van der Waals surface area contributed by atoms with Crippen molar-refractivity contribution in [3.63, 3.8) is 0 Å². The Balaban J connectivity index is 1.83. The summed E-state index contributed by atoms with van der Waals surface area (Å²) in [5.41, 5.74) is 12.0. The van der Waals surface area contributed by atoms with Crippen molar-refractivity contribution in [2.75, 3.05) is 0 Å². The van der Waals surface area contributed by atoms with Gasteiger partial charge in [-0.1, -0.05) is 142 Å². The summed E-state index contributed by atoms with van der Waals surface area (Å²) >= 11 is 0. The van der Waals surface area contributed by atoms with Gasteiger partial charge in [0.05, 0.1) is 21.3 Å². The highest BCUT2D eigenvalue weighted by atomic mass is 29.6. The van der Waals surface area contributed by atoms with Gasteiger partial charge in [-0.3, -0.25) is 0 Å². The van der Waals surface area contributed by atoms with E-state index in [1.54, 1.807) is 10.4 Å². The van der Waals surface area contributed by atoms with E-state index < -0.39 is 46.8 Å². The lowest BCUT2D eigenvalue weighted by Crippen LogP contribution is -2.71. The van der Waals surface area contributed by atoms with Gasteiger partial charge in [-0.05, 0) is 86.5 Å². The van der Waals surface area contributed by atoms with Crippen LogP contribution in [0.1, 0.15) is 38.5 Å². The fourth-order valence-electron chi connectivity index (χ4n) is 10.4. The Kier molecular flexibility index (Phi) is 10.3. The van der Waals surface area contributed by atoms with Crippen LogP contribution in [0.25, 0.3) is 0 Å². The molecule has 0 heterocycles. The van der Waals surface area contributed by atoms with Crippen LogP contribution in [0, 0.1) is 34.3 Å². The Bertz CT molecular complexity index is 1450. The van der Waals surface area contributed by atoms with Crippen LogP contribution in [0.15, 0.2) is 71.6 Å². The molecule has 2 aromatic rings. The van der Waals surface area contributed by atoms with E-state index in [0.29, 0.717) is 5.41 Å². The molecule has 6 rings (SSSR count). The molecule has 0 aromatic heterocycles. The molecule has 0 saturated heterocycles. The van der Waals surface area contributed by atoms with Crippen molar-refractivity contribution in [2.24, 2.45) is 23.2 Å². The summed E-state index contributed by atoms with van der Waals surface area (Å²) in [6.45, 7) is 33.9. The van der Waals surface area contributed by atoms with Gasteiger partial charge in [0.15, 0.2) is 16.4 Å². The third-order valence-corrected chi connectivity index (χ3v) is 55.4. The second kappa shape index (κ2) is 13.0. The molecule has 47 heavy (non-hydrogen) atoms. The quantitative estimate of drug-likeness (QED) is 0.175. The Morgan fingerprint density at radius 3 is 1.47 bits per heavy atom. The molecule has 1 unspecified atom stereocenters. The first-order valence-corrected chi connectivity index (χ1v) is 39.1. The second-order valence-corrected chi connectivity index (χ2v) is 59.4. The first-order chi connectivity index (χ1) is 21.6. The van der Waals surface area contributed by atoms with E-state index in [2.05, 4.69) is 163 Å². The van der Waals surface area contributed by atoms with Gasteiger partial charge in [0.25, 0.3) is 0 Å². The van der Waals surface area contributed by atoms with Crippen molar-refractivity contribution < 1.29 is 4.43 Å². The summed E-state index contributed by atoms with van der Waals surface area (Å²) in [5.74, 6) is 2.72. The minimum absolute atomic E-state index is 0.241.